The Bertz CT molecular complexity index is 549. The quantitative estimate of drug-likeness (QED) is 0.834. The molecule has 0 aromatic heterocycles. The van der Waals surface area contributed by atoms with Crippen LogP contribution in [-0.2, 0) is 11.3 Å². The number of carbonyl (C=O) groups is 1. The van der Waals surface area contributed by atoms with Crippen LogP contribution in [0.25, 0.3) is 0 Å². The fourth-order valence-corrected chi connectivity index (χ4v) is 1.94. The summed E-state index contributed by atoms with van der Waals surface area (Å²) < 4.78 is 5.35. The van der Waals surface area contributed by atoms with Crippen molar-refractivity contribution in [1.29, 1.82) is 0 Å². The maximum Gasteiger partial charge on any atom is 0.414 e. The van der Waals surface area contributed by atoms with Crippen molar-refractivity contribution in [2.24, 2.45) is 0 Å². The highest BCUT2D eigenvalue weighted by Crippen LogP contribution is 2.16. The molecule has 2 aromatic carbocycles. The van der Waals surface area contributed by atoms with Gasteiger partial charge in [-0.3, -0.25) is 4.90 Å². The molecular formula is C17H19NO2. The average molecular weight is 269 g/mol. The van der Waals surface area contributed by atoms with Crippen molar-refractivity contribution in [3.63, 3.8) is 0 Å². The summed E-state index contributed by atoms with van der Waals surface area (Å²) in [6.45, 7) is 4.83. The van der Waals surface area contributed by atoms with Gasteiger partial charge >= 0.3 is 6.09 Å². The smallest absolute Gasteiger partial charge is 0.414 e. The first-order valence-corrected chi connectivity index (χ1v) is 6.75. The maximum atomic E-state index is 12.1. The molecule has 0 bridgehead atoms. The third kappa shape index (κ3) is 3.60. The van der Waals surface area contributed by atoms with Crippen LogP contribution in [0.1, 0.15) is 18.1 Å². The molecule has 104 valence electrons. The van der Waals surface area contributed by atoms with Crippen molar-refractivity contribution in [2.75, 3.05) is 11.4 Å². The zero-order chi connectivity index (χ0) is 14.4. The van der Waals surface area contributed by atoms with E-state index in [0.29, 0.717) is 13.2 Å². The van der Waals surface area contributed by atoms with E-state index in [1.54, 1.807) is 4.90 Å². The van der Waals surface area contributed by atoms with Crippen LogP contribution in [0.4, 0.5) is 10.5 Å². The number of ether oxygens (including phenoxy) is 1. The molecule has 0 N–H and O–H groups in total. The summed E-state index contributed by atoms with van der Waals surface area (Å²) in [7, 11) is 0. The van der Waals surface area contributed by atoms with Crippen LogP contribution < -0.4 is 4.90 Å². The molecule has 2 aromatic rings. The molecule has 0 spiro atoms. The van der Waals surface area contributed by atoms with Gasteiger partial charge in [-0.15, -0.1) is 0 Å². The molecule has 0 aliphatic heterocycles. The number of carbonyl (C=O) groups excluding carboxylic acids is 1. The van der Waals surface area contributed by atoms with Gasteiger partial charge in [-0.05, 0) is 31.5 Å². The lowest BCUT2D eigenvalue weighted by Crippen LogP contribution is -2.31. The van der Waals surface area contributed by atoms with E-state index in [1.807, 2.05) is 68.4 Å². The fourth-order valence-electron chi connectivity index (χ4n) is 1.94. The van der Waals surface area contributed by atoms with Gasteiger partial charge in [-0.1, -0.05) is 48.0 Å². The van der Waals surface area contributed by atoms with Crippen LogP contribution in [0, 0.1) is 6.92 Å². The van der Waals surface area contributed by atoms with Gasteiger partial charge in [0.25, 0.3) is 0 Å². The van der Waals surface area contributed by atoms with Crippen molar-refractivity contribution >= 4 is 11.8 Å². The average Bonchev–Trinajstić information content (AvgIpc) is 2.49. The Hall–Kier alpha value is -2.29. The first-order chi connectivity index (χ1) is 9.70. The van der Waals surface area contributed by atoms with Gasteiger partial charge in [0.15, 0.2) is 0 Å². The highest BCUT2D eigenvalue weighted by molar-refractivity contribution is 5.87. The summed E-state index contributed by atoms with van der Waals surface area (Å²) in [4.78, 5) is 13.8. The van der Waals surface area contributed by atoms with E-state index in [2.05, 4.69) is 0 Å². The monoisotopic (exact) mass is 269 g/mol. The lowest BCUT2D eigenvalue weighted by molar-refractivity contribution is 0.147. The summed E-state index contributed by atoms with van der Waals surface area (Å²) in [5.74, 6) is 0. The first-order valence-electron chi connectivity index (χ1n) is 6.75. The predicted octanol–water partition coefficient (Wildman–Crippen LogP) is 4.16. The van der Waals surface area contributed by atoms with E-state index in [-0.39, 0.29) is 6.09 Å². The second-order valence-corrected chi connectivity index (χ2v) is 4.62. The Morgan fingerprint density at radius 2 is 1.70 bits per heavy atom. The van der Waals surface area contributed by atoms with Crippen LogP contribution in [0.15, 0.2) is 54.6 Å². The number of aryl methyl sites for hydroxylation is 1. The molecule has 0 atom stereocenters. The standard InChI is InChI=1S/C17H19NO2/c1-3-18(16-11-9-14(2)10-12-16)17(19)20-13-15-7-5-4-6-8-15/h4-12H,3,13H2,1-2H3. The summed E-state index contributed by atoms with van der Waals surface area (Å²) in [5, 5.41) is 0. The highest BCUT2D eigenvalue weighted by Gasteiger charge is 2.15. The van der Waals surface area contributed by atoms with Crippen molar-refractivity contribution in [1.82, 2.24) is 0 Å². The molecule has 2 rings (SSSR count). The lowest BCUT2D eigenvalue weighted by atomic mass is 10.2. The second kappa shape index (κ2) is 6.75. The zero-order valence-electron chi connectivity index (χ0n) is 11.9. The number of amides is 1. The van der Waals surface area contributed by atoms with Crippen molar-refractivity contribution in [3.05, 3.63) is 65.7 Å². The normalized spacial score (nSPS) is 10.1. The highest BCUT2D eigenvalue weighted by atomic mass is 16.6. The van der Waals surface area contributed by atoms with Crippen LogP contribution in [0.3, 0.4) is 0 Å². The Balaban J connectivity index is 2.00. The number of rotatable bonds is 4. The van der Waals surface area contributed by atoms with Crippen LogP contribution in [0.5, 0.6) is 0 Å². The molecule has 0 saturated heterocycles. The van der Waals surface area contributed by atoms with Crippen LogP contribution >= 0.6 is 0 Å². The number of anilines is 1. The van der Waals surface area contributed by atoms with Gasteiger partial charge in [0.05, 0.1) is 0 Å². The molecule has 0 aliphatic carbocycles. The summed E-state index contributed by atoms with van der Waals surface area (Å²) in [6, 6.07) is 17.5. The van der Waals surface area contributed by atoms with Gasteiger partial charge in [0, 0.05) is 12.2 Å². The molecular weight excluding hydrogens is 250 g/mol. The molecule has 0 fully saturated rings. The van der Waals surface area contributed by atoms with Gasteiger partial charge in [0.1, 0.15) is 6.61 Å². The van der Waals surface area contributed by atoms with Gasteiger partial charge in [-0.2, -0.15) is 0 Å². The Kier molecular flexibility index (Phi) is 4.77. The van der Waals surface area contributed by atoms with E-state index in [1.165, 1.54) is 5.56 Å². The summed E-state index contributed by atoms with van der Waals surface area (Å²) in [6.07, 6.45) is -0.319. The third-order valence-corrected chi connectivity index (χ3v) is 3.09. The van der Waals surface area contributed by atoms with Gasteiger partial charge < -0.3 is 4.74 Å². The Labute approximate surface area is 119 Å². The molecule has 3 nitrogen and oxygen atoms in total. The van der Waals surface area contributed by atoms with Crippen molar-refractivity contribution in [2.45, 2.75) is 20.5 Å². The molecule has 0 saturated carbocycles. The minimum Gasteiger partial charge on any atom is -0.444 e. The molecule has 0 unspecified atom stereocenters. The van der Waals surface area contributed by atoms with Crippen LogP contribution in [0.2, 0.25) is 0 Å². The number of hydrogen-bond donors (Lipinski definition) is 0. The topological polar surface area (TPSA) is 29.5 Å². The summed E-state index contributed by atoms with van der Waals surface area (Å²) in [5.41, 5.74) is 3.01. The molecule has 1 amide bonds. The Morgan fingerprint density at radius 3 is 2.30 bits per heavy atom. The predicted molar refractivity (Wildman–Crippen MR) is 80.8 cm³/mol. The summed E-state index contributed by atoms with van der Waals surface area (Å²) >= 11 is 0. The molecule has 0 heterocycles. The minimum absolute atomic E-state index is 0.294. The first kappa shape index (κ1) is 14.1. The largest absolute Gasteiger partial charge is 0.444 e. The Morgan fingerprint density at radius 1 is 1.05 bits per heavy atom. The van der Waals surface area contributed by atoms with Crippen molar-refractivity contribution < 1.29 is 9.53 Å². The number of benzene rings is 2. The van der Waals surface area contributed by atoms with E-state index < -0.39 is 0 Å². The molecule has 0 radical (unpaired) electrons. The van der Waals surface area contributed by atoms with Crippen molar-refractivity contribution in [3.8, 4) is 0 Å². The molecule has 0 aliphatic rings. The number of nitrogens with zero attached hydrogens (tertiary/aromatic N) is 1. The number of hydrogen-bond acceptors (Lipinski definition) is 2. The maximum absolute atomic E-state index is 12.1. The van der Waals surface area contributed by atoms with Crippen LogP contribution in [-0.4, -0.2) is 12.6 Å². The van der Waals surface area contributed by atoms with E-state index >= 15 is 0 Å². The second-order valence-electron chi connectivity index (χ2n) is 4.62. The minimum atomic E-state index is -0.319. The third-order valence-electron chi connectivity index (χ3n) is 3.09. The molecule has 20 heavy (non-hydrogen) atoms. The molecule has 3 heteroatoms. The lowest BCUT2D eigenvalue weighted by Gasteiger charge is -2.20. The fraction of sp³-hybridized carbons (Fsp3) is 0.235. The van der Waals surface area contributed by atoms with Gasteiger partial charge in [-0.25, -0.2) is 4.79 Å². The van der Waals surface area contributed by atoms with E-state index in [9.17, 15) is 4.79 Å². The van der Waals surface area contributed by atoms with E-state index in [0.717, 1.165) is 11.3 Å². The SMILES string of the molecule is CCN(C(=O)OCc1ccccc1)c1ccc(C)cc1. The zero-order valence-corrected chi connectivity index (χ0v) is 11.9. The van der Waals surface area contributed by atoms with Gasteiger partial charge in [0.2, 0.25) is 0 Å². The van der Waals surface area contributed by atoms with E-state index in [4.69, 9.17) is 4.74 Å².